The lowest BCUT2D eigenvalue weighted by Gasteiger charge is -2.05. The van der Waals surface area contributed by atoms with Crippen molar-refractivity contribution in [2.45, 2.75) is 90.4 Å². The molecule has 0 aromatic heterocycles. The summed E-state index contributed by atoms with van der Waals surface area (Å²) >= 11 is 0. The Kier molecular flexibility index (Phi) is 14.1. The predicted molar refractivity (Wildman–Crippen MR) is 101 cm³/mol. The second-order valence-corrected chi connectivity index (χ2v) is 6.66. The van der Waals surface area contributed by atoms with Crippen LogP contribution in [-0.4, -0.2) is 13.2 Å². The van der Waals surface area contributed by atoms with Crippen LogP contribution in [0.2, 0.25) is 0 Å². The molecule has 0 fully saturated rings. The van der Waals surface area contributed by atoms with Crippen LogP contribution in [0, 0.1) is 6.07 Å². The second kappa shape index (κ2) is 16.1. The Hall–Kier alpha value is -0.820. The fourth-order valence-electron chi connectivity index (χ4n) is 2.91. The number of hydrogen-bond donors (Lipinski definition) is 0. The van der Waals surface area contributed by atoms with Crippen LogP contribution < -0.4 is 0 Å². The van der Waals surface area contributed by atoms with Crippen LogP contribution in [0.4, 0.5) is 0 Å². The average molecular weight is 318 g/mol. The topological polar surface area (TPSA) is 9.23 Å². The first kappa shape index (κ1) is 20.2. The van der Waals surface area contributed by atoms with E-state index in [0.717, 1.165) is 13.2 Å². The number of rotatable bonds is 16. The molecule has 0 saturated carbocycles. The Balaban J connectivity index is 1.72. The molecule has 0 saturated heterocycles. The smallest absolute Gasteiger partial charge is 0.0466 e. The summed E-state index contributed by atoms with van der Waals surface area (Å²) in [5.41, 5.74) is 1.44. The third-order valence-corrected chi connectivity index (χ3v) is 4.43. The molecule has 0 atom stereocenters. The fourth-order valence-corrected chi connectivity index (χ4v) is 2.91. The highest BCUT2D eigenvalue weighted by Gasteiger charge is 1.95. The Labute approximate surface area is 144 Å². The van der Waals surface area contributed by atoms with Crippen molar-refractivity contribution in [2.24, 2.45) is 0 Å². The van der Waals surface area contributed by atoms with Crippen LogP contribution in [0.25, 0.3) is 0 Å². The van der Waals surface area contributed by atoms with E-state index in [9.17, 15) is 0 Å². The van der Waals surface area contributed by atoms with Crippen molar-refractivity contribution in [1.82, 2.24) is 0 Å². The van der Waals surface area contributed by atoms with Gasteiger partial charge in [-0.1, -0.05) is 89.0 Å². The molecule has 1 nitrogen and oxygen atoms in total. The number of unbranched alkanes of at least 4 members (excludes halogenated alkanes) is 10. The first-order chi connectivity index (χ1) is 11.4. The van der Waals surface area contributed by atoms with Crippen LogP contribution >= 0.6 is 0 Å². The quantitative estimate of drug-likeness (QED) is 0.306. The van der Waals surface area contributed by atoms with Crippen LogP contribution in [0.3, 0.4) is 0 Å². The van der Waals surface area contributed by atoms with E-state index in [4.69, 9.17) is 4.74 Å². The largest absolute Gasteiger partial charge is 0.381 e. The van der Waals surface area contributed by atoms with Crippen molar-refractivity contribution in [3.05, 3.63) is 35.9 Å². The van der Waals surface area contributed by atoms with Crippen LogP contribution in [0.15, 0.2) is 24.3 Å². The van der Waals surface area contributed by atoms with Gasteiger partial charge in [0.1, 0.15) is 0 Å². The number of hydrogen-bond acceptors (Lipinski definition) is 1. The molecule has 0 bridgehead atoms. The van der Waals surface area contributed by atoms with E-state index in [1.807, 2.05) is 12.1 Å². The van der Waals surface area contributed by atoms with Gasteiger partial charge < -0.3 is 4.74 Å². The minimum Gasteiger partial charge on any atom is -0.381 e. The Morgan fingerprint density at radius 1 is 0.696 bits per heavy atom. The standard InChI is InChI=1S/C22H37O/c1-2-3-4-5-6-7-9-15-20-23-21-16-10-8-12-17-22-18-13-11-14-19-22/h13-14,18-19H,2-10,12,15-17,20-21H2,1H3. The molecule has 0 amide bonds. The summed E-state index contributed by atoms with van der Waals surface area (Å²) in [5, 5.41) is 0. The van der Waals surface area contributed by atoms with E-state index in [-0.39, 0.29) is 0 Å². The lowest BCUT2D eigenvalue weighted by atomic mass is 10.1. The van der Waals surface area contributed by atoms with E-state index >= 15 is 0 Å². The maximum absolute atomic E-state index is 5.74. The minimum absolute atomic E-state index is 0.955. The lowest BCUT2D eigenvalue weighted by molar-refractivity contribution is 0.125. The molecule has 1 rings (SSSR count). The molecular weight excluding hydrogens is 280 g/mol. The molecule has 0 heterocycles. The zero-order valence-corrected chi connectivity index (χ0v) is 15.3. The van der Waals surface area contributed by atoms with E-state index in [2.05, 4.69) is 25.1 Å². The molecule has 1 heteroatoms. The molecule has 1 aromatic carbocycles. The van der Waals surface area contributed by atoms with Crippen LogP contribution in [0.5, 0.6) is 0 Å². The summed E-state index contributed by atoms with van der Waals surface area (Å²) < 4.78 is 5.74. The molecule has 0 spiro atoms. The number of ether oxygens (including phenoxy) is 1. The highest BCUT2D eigenvalue weighted by atomic mass is 16.5. The van der Waals surface area contributed by atoms with Crippen molar-refractivity contribution in [2.75, 3.05) is 13.2 Å². The average Bonchev–Trinajstić information content (AvgIpc) is 2.59. The molecule has 0 aliphatic carbocycles. The first-order valence-electron chi connectivity index (χ1n) is 9.96. The van der Waals surface area contributed by atoms with Gasteiger partial charge >= 0.3 is 0 Å². The minimum atomic E-state index is 0.955. The van der Waals surface area contributed by atoms with Crippen molar-refractivity contribution in [3.63, 3.8) is 0 Å². The maximum atomic E-state index is 5.74. The Morgan fingerprint density at radius 3 is 1.83 bits per heavy atom. The summed E-state index contributed by atoms with van der Waals surface area (Å²) in [4.78, 5) is 0. The van der Waals surface area contributed by atoms with Gasteiger partial charge in [0.15, 0.2) is 0 Å². The zero-order valence-electron chi connectivity index (χ0n) is 15.3. The molecule has 0 aliphatic rings. The summed E-state index contributed by atoms with van der Waals surface area (Å²) in [6, 6.07) is 11.4. The molecule has 0 aliphatic heterocycles. The van der Waals surface area contributed by atoms with Gasteiger partial charge in [-0.25, -0.2) is 0 Å². The van der Waals surface area contributed by atoms with Gasteiger partial charge in [-0.05, 0) is 37.3 Å². The predicted octanol–water partition coefficient (Wildman–Crippen LogP) is 6.75. The van der Waals surface area contributed by atoms with Gasteiger partial charge in [0.25, 0.3) is 0 Å². The monoisotopic (exact) mass is 317 g/mol. The van der Waals surface area contributed by atoms with Gasteiger partial charge in [-0.2, -0.15) is 0 Å². The molecule has 23 heavy (non-hydrogen) atoms. The zero-order chi connectivity index (χ0) is 16.4. The van der Waals surface area contributed by atoms with Gasteiger partial charge in [0.2, 0.25) is 0 Å². The van der Waals surface area contributed by atoms with Crippen molar-refractivity contribution in [1.29, 1.82) is 0 Å². The lowest BCUT2D eigenvalue weighted by Crippen LogP contribution is -1.97. The van der Waals surface area contributed by atoms with Gasteiger partial charge in [0.05, 0.1) is 0 Å². The molecule has 1 radical (unpaired) electrons. The number of aryl methyl sites for hydroxylation is 1. The Morgan fingerprint density at radius 2 is 1.22 bits per heavy atom. The van der Waals surface area contributed by atoms with E-state index in [1.54, 1.807) is 0 Å². The van der Waals surface area contributed by atoms with E-state index in [1.165, 1.54) is 89.0 Å². The molecule has 0 unspecified atom stereocenters. The normalized spacial score (nSPS) is 11.0. The summed E-state index contributed by atoms with van der Waals surface area (Å²) in [5.74, 6) is 0. The fraction of sp³-hybridized carbons (Fsp3) is 0.727. The van der Waals surface area contributed by atoms with E-state index < -0.39 is 0 Å². The van der Waals surface area contributed by atoms with Crippen molar-refractivity contribution in [3.8, 4) is 0 Å². The van der Waals surface area contributed by atoms with Crippen LogP contribution in [-0.2, 0) is 11.2 Å². The van der Waals surface area contributed by atoms with Gasteiger partial charge in [0, 0.05) is 13.2 Å². The van der Waals surface area contributed by atoms with E-state index in [0.29, 0.717) is 0 Å². The summed E-state index contributed by atoms with van der Waals surface area (Å²) in [6.07, 6.45) is 17.4. The molecule has 131 valence electrons. The molecular formula is C22H37O. The Bertz CT molecular complexity index is 333. The van der Waals surface area contributed by atoms with Gasteiger partial charge in [-0.3, -0.25) is 0 Å². The third kappa shape index (κ3) is 13.3. The molecule has 0 N–H and O–H groups in total. The van der Waals surface area contributed by atoms with Crippen LogP contribution in [0.1, 0.15) is 89.5 Å². The second-order valence-electron chi connectivity index (χ2n) is 6.66. The highest BCUT2D eigenvalue weighted by molar-refractivity contribution is 5.13. The maximum Gasteiger partial charge on any atom is 0.0466 e. The molecule has 1 aromatic rings. The van der Waals surface area contributed by atoms with Crippen molar-refractivity contribution >= 4 is 0 Å². The summed E-state index contributed by atoms with van der Waals surface area (Å²) in [7, 11) is 0. The third-order valence-electron chi connectivity index (χ3n) is 4.43. The van der Waals surface area contributed by atoms with Crippen molar-refractivity contribution < 1.29 is 4.74 Å². The summed E-state index contributed by atoms with van der Waals surface area (Å²) in [6.45, 7) is 4.20. The SMILES string of the molecule is CCCCCCCCCCOCCCCCCc1cc[c]cc1. The first-order valence-corrected chi connectivity index (χ1v) is 9.96. The van der Waals surface area contributed by atoms with Gasteiger partial charge in [-0.15, -0.1) is 0 Å². The highest BCUT2D eigenvalue weighted by Crippen LogP contribution is 2.09. The number of benzene rings is 1.